The molecular formula is C17H19N5O2. The monoisotopic (exact) mass is 325 g/mol. The molecule has 1 fully saturated rings. The molecule has 1 aliphatic rings. The molecule has 0 amide bonds. The van der Waals surface area contributed by atoms with Crippen LogP contribution in [0.4, 0.5) is 5.69 Å². The van der Waals surface area contributed by atoms with Crippen LogP contribution in [0.1, 0.15) is 30.0 Å². The fraction of sp³-hybridized carbons (Fsp3) is 0.353. The van der Waals surface area contributed by atoms with Crippen LogP contribution in [-0.2, 0) is 6.54 Å². The highest BCUT2D eigenvalue weighted by molar-refractivity contribution is 5.67. The third kappa shape index (κ3) is 2.73. The van der Waals surface area contributed by atoms with Crippen molar-refractivity contribution in [1.29, 1.82) is 0 Å². The first-order chi connectivity index (χ1) is 11.8. The Morgan fingerprint density at radius 1 is 1.21 bits per heavy atom. The minimum Gasteiger partial charge on any atom is -0.497 e. The van der Waals surface area contributed by atoms with Gasteiger partial charge in [0.1, 0.15) is 17.8 Å². The Labute approximate surface area is 139 Å². The minimum atomic E-state index is 0.563. The molecular weight excluding hydrogens is 306 g/mol. The molecule has 2 heterocycles. The normalized spacial score (nSPS) is 13.9. The Kier molecular flexibility index (Phi) is 3.68. The lowest BCUT2D eigenvalue weighted by molar-refractivity contribution is 0.391. The lowest BCUT2D eigenvalue weighted by atomic mass is 10.2. The van der Waals surface area contributed by atoms with Crippen molar-refractivity contribution in [1.82, 2.24) is 19.8 Å². The maximum atomic E-state index is 5.46. The molecule has 0 atom stereocenters. The molecule has 1 N–H and O–H groups in total. The molecule has 0 spiro atoms. The van der Waals surface area contributed by atoms with E-state index in [0.29, 0.717) is 12.5 Å². The van der Waals surface area contributed by atoms with Gasteiger partial charge in [-0.2, -0.15) is 9.61 Å². The molecule has 0 aliphatic heterocycles. The van der Waals surface area contributed by atoms with Gasteiger partial charge in [-0.1, -0.05) is 0 Å². The highest BCUT2D eigenvalue weighted by Gasteiger charge is 2.26. The van der Waals surface area contributed by atoms with Crippen LogP contribution in [0.5, 0.6) is 11.5 Å². The van der Waals surface area contributed by atoms with E-state index >= 15 is 0 Å². The molecule has 7 nitrogen and oxygen atoms in total. The van der Waals surface area contributed by atoms with Crippen molar-refractivity contribution in [3.05, 3.63) is 41.9 Å². The van der Waals surface area contributed by atoms with Crippen LogP contribution >= 0.6 is 0 Å². The number of benzene rings is 1. The summed E-state index contributed by atoms with van der Waals surface area (Å²) in [6.07, 6.45) is 4.04. The standard InChI is InChI=1S/C17H19N5O2/c1-23-13-6-5-12(16(7-13)24-2)9-18-15-8-14(11-3-4-11)21-22-10-19-20-17(15)22/h5-8,10-11,18H,3-4,9H2,1-2H3. The number of fused-ring (bicyclic) bond motifs is 1. The fourth-order valence-electron chi connectivity index (χ4n) is 2.74. The molecule has 2 aromatic heterocycles. The largest absolute Gasteiger partial charge is 0.497 e. The van der Waals surface area contributed by atoms with Crippen molar-refractivity contribution in [3.8, 4) is 11.5 Å². The Hall–Kier alpha value is -2.83. The number of nitrogens with zero attached hydrogens (tertiary/aromatic N) is 4. The Morgan fingerprint density at radius 3 is 2.83 bits per heavy atom. The van der Waals surface area contributed by atoms with Gasteiger partial charge in [0, 0.05) is 24.1 Å². The molecule has 1 saturated carbocycles. The summed E-state index contributed by atoms with van der Waals surface area (Å²) in [5.74, 6) is 2.12. The van der Waals surface area contributed by atoms with Gasteiger partial charge in [0.2, 0.25) is 5.65 Å². The van der Waals surface area contributed by atoms with Gasteiger partial charge >= 0.3 is 0 Å². The average Bonchev–Trinajstić information content (AvgIpc) is 3.37. The number of nitrogens with one attached hydrogen (secondary N) is 1. The smallest absolute Gasteiger partial charge is 0.200 e. The molecule has 3 aromatic rings. The zero-order chi connectivity index (χ0) is 16.5. The van der Waals surface area contributed by atoms with Gasteiger partial charge in [-0.15, -0.1) is 10.2 Å². The summed E-state index contributed by atoms with van der Waals surface area (Å²) < 4.78 is 12.4. The Balaban J connectivity index is 1.61. The predicted molar refractivity (Wildman–Crippen MR) is 89.6 cm³/mol. The molecule has 24 heavy (non-hydrogen) atoms. The number of rotatable bonds is 6. The first-order valence-electron chi connectivity index (χ1n) is 7.94. The van der Waals surface area contributed by atoms with Crippen LogP contribution in [0.3, 0.4) is 0 Å². The molecule has 4 rings (SSSR count). The Morgan fingerprint density at radius 2 is 2.08 bits per heavy atom. The zero-order valence-corrected chi connectivity index (χ0v) is 13.7. The summed E-state index contributed by atoms with van der Waals surface area (Å²) in [5, 5.41) is 16.1. The maximum absolute atomic E-state index is 5.46. The number of ether oxygens (including phenoxy) is 2. The van der Waals surface area contributed by atoms with Gasteiger partial charge in [0.15, 0.2) is 0 Å². The van der Waals surface area contributed by atoms with Gasteiger partial charge in [-0.25, -0.2) is 0 Å². The molecule has 124 valence electrons. The van der Waals surface area contributed by atoms with Crippen LogP contribution in [0.2, 0.25) is 0 Å². The predicted octanol–water partition coefficient (Wildman–Crippen LogP) is 2.63. The van der Waals surface area contributed by atoms with Gasteiger partial charge in [-0.3, -0.25) is 0 Å². The van der Waals surface area contributed by atoms with Crippen molar-refractivity contribution < 1.29 is 9.47 Å². The second kappa shape index (κ2) is 5.99. The van der Waals surface area contributed by atoms with Crippen LogP contribution in [-0.4, -0.2) is 34.0 Å². The number of methoxy groups -OCH3 is 2. The van der Waals surface area contributed by atoms with Gasteiger partial charge < -0.3 is 14.8 Å². The number of hydrogen-bond donors (Lipinski definition) is 1. The van der Waals surface area contributed by atoms with Crippen molar-refractivity contribution in [2.75, 3.05) is 19.5 Å². The molecule has 1 aliphatic carbocycles. The molecule has 0 bridgehead atoms. The quantitative estimate of drug-likeness (QED) is 0.751. The third-order valence-electron chi connectivity index (χ3n) is 4.25. The van der Waals surface area contributed by atoms with Crippen molar-refractivity contribution in [2.24, 2.45) is 0 Å². The third-order valence-corrected chi connectivity index (χ3v) is 4.25. The first kappa shape index (κ1) is 14.7. The topological polar surface area (TPSA) is 73.6 Å². The van der Waals surface area contributed by atoms with E-state index in [1.165, 1.54) is 12.8 Å². The number of aromatic nitrogens is 4. The molecule has 7 heteroatoms. The van der Waals surface area contributed by atoms with Crippen molar-refractivity contribution in [3.63, 3.8) is 0 Å². The van der Waals surface area contributed by atoms with E-state index in [2.05, 4.69) is 26.7 Å². The summed E-state index contributed by atoms with van der Waals surface area (Å²) >= 11 is 0. The van der Waals surface area contributed by atoms with E-state index < -0.39 is 0 Å². The summed E-state index contributed by atoms with van der Waals surface area (Å²) in [4.78, 5) is 0. The van der Waals surface area contributed by atoms with E-state index in [1.807, 2.05) is 18.2 Å². The Bertz CT molecular complexity index is 873. The SMILES string of the molecule is COc1ccc(CNc2cc(C3CC3)nn3cnnc23)c(OC)c1. The van der Waals surface area contributed by atoms with Crippen LogP contribution in [0.25, 0.3) is 5.65 Å². The summed E-state index contributed by atoms with van der Waals surface area (Å²) in [5.41, 5.74) is 3.79. The molecule has 0 unspecified atom stereocenters. The van der Waals surface area contributed by atoms with Gasteiger partial charge in [0.25, 0.3) is 0 Å². The highest BCUT2D eigenvalue weighted by atomic mass is 16.5. The fourth-order valence-corrected chi connectivity index (χ4v) is 2.74. The van der Waals surface area contributed by atoms with E-state index in [0.717, 1.165) is 34.1 Å². The maximum Gasteiger partial charge on any atom is 0.200 e. The first-order valence-corrected chi connectivity index (χ1v) is 7.94. The van der Waals surface area contributed by atoms with Crippen molar-refractivity contribution in [2.45, 2.75) is 25.3 Å². The minimum absolute atomic E-state index is 0.563. The summed E-state index contributed by atoms with van der Waals surface area (Å²) in [6.45, 7) is 0.615. The summed E-state index contributed by atoms with van der Waals surface area (Å²) in [6, 6.07) is 7.88. The molecule has 1 aromatic carbocycles. The molecule has 0 radical (unpaired) electrons. The van der Waals surface area contributed by atoms with E-state index in [-0.39, 0.29) is 0 Å². The number of hydrogen-bond acceptors (Lipinski definition) is 6. The van der Waals surface area contributed by atoms with E-state index in [1.54, 1.807) is 25.1 Å². The van der Waals surface area contributed by atoms with Crippen LogP contribution < -0.4 is 14.8 Å². The lowest BCUT2D eigenvalue weighted by Crippen LogP contribution is -2.06. The van der Waals surface area contributed by atoms with E-state index in [4.69, 9.17) is 9.47 Å². The van der Waals surface area contributed by atoms with Gasteiger partial charge in [-0.05, 0) is 31.0 Å². The lowest BCUT2D eigenvalue weighted by Gasteiger charge is -2.13. The zero-order valence-electron chi connectivity index (χ0n) is 13.7. The number of anilines is 1. The van der Waals surface area contributed by atoms with Crippen LogP contribution in [0, 0.1) is 0 Å². The summed E-state index contributed by atoms with van der Waals surface area (Å²) in [7, 11) is 3.30. The van der Waals surface area contributed by atoms with E-state index in [9.17, 15) is 0 Å². The second-order valence-electron chi connectivity index (χ2n) is 5.89. The second-order valence-corrected chi connectivity index (χ2v) is 5.89. The molecule has 0 saturated heterocycles. The van der Waals surface area contributed by atoms with Gasteiger partial charge in [0.05, 0.1) is 25.6 Å². The van der Waals surface area contributed by atoms with Crippen LogP contribution in [0.15, 0.2) is 30.6 Å². The highest BCUT2D eigenvalue weighted by Crippen LogP contribution is 2.40. The average molecular weight is 325 g/mol. The van der Waals surface area contributed by atoms with Crippen molar-refractivity contribution >= 4 is 11.3 Å².